The number of amides is 1. The Morgan fingerprint density at radius 3 is 2.67 bits per heavy atom. The fraction of sp³-hybridized carbons (Fsp3) is 0.312. The van der Waals surface area contributed by atoms with E-state index in [9.17, 15) is 4.79 Å². The van der Waals surface area contributed by atoms with Gasteiger partial charge in [-0.3, -0.25) is 9.78 Å². The highest BCUT2D eigenvalue weighted by molar-refractivity contribution is 5.93. The molecular weight excluding hydrogens is 264 g/mol. The van der Waals surface area contributed by atoms with Crippen LogP contribution in [-0.4, -0.2) is 29.0 Å². The second-order valence-corrected chi connectivity index (χ2v) is 5.14. The van der Waals surface area contributed by atoms with Crippen LogP contribution in [0.2, 0.25) is 0 Å². The van der Waals surface area contributed by atoms with Crippen LogP contribution < -0.4 is 10.2 Å². The van der Waals surface area contributed by atoms with E-state index in [1.165, 1.54) is 12.8 Å². The normalized spacial score (nSPS) is 14.2. The van der Waals surface area contributed by atoms with E-state index in [-0.39, 0.29) is 5.91 Å². The van der Waals surface area contributed by atoms with E-state index in [0.717, 1.165) is 24.5 Å². The van der Waals surface area contributed by atoms with Gasteiger partial charge in [-0.1, -0.05) is 0 Å². The first-order chi connectivity index (χ1) is 10.3. The van der Waals surface area contributed by atoms with Crippen LogP contribution in [-0.2, 0) is 6.54 Å². The van der Waals surface area contributed by atoms with Crippen molar-refractivity contribution >= 4 is 11.7 Å². The van der Waals surface area contributed by atoms with E-state index in [1.807, 2.05) is 12.3 Å². The lowest BCUT2D eigenvalue weighted by atomic mass is 10.2. The maximum atomic E-state index is 12.0. The van der Waals surface area contributed by atoms with Crippen molar-refractivity contribution in [2.75, 3.05) is 18.0 Å². The first-order valence-corrected chi connectivity index (χ1v) is 7.21. The summed E-state index contributed by atoms with van der Waals surface area (Å²) in [4.78, 5) is 22.6. The highest BCUT2D eigenvalue weighted by Gasteiger charge is 2.13. The van der Waals surface area contributed by atoms with Gasteiger partial charge >= 0.3 is 0 Å². The van der Waals surface area contributed by atoms with Crippen LogP contribution in [0.15, 0.2) is 42.9 Å². The zero-order valence-electron chi connectivity index (χ0n) is 11.8. The fourth-order valence-corrected chi connectivity index (χ4v) is 2.48. The zero-order chi connectivity index (χ0) is 14.5. The molecule has 2 aromatic heterocycles. The number of anilines is 1. The van der Waals surface area contributed by atoms with Gasteiger partial charge in [-0.2, -0.15) is 0 Å². The first-order valence-electron chi connectivity index (χ1n) is 7.21. The molecule has 0 aromatic carbocycles. The van der Waals surface area contributed by atoms with Crippen LogP contribution in [0.3, 0.4) is 0 Å². The van der Waals surface area contributed by atoms with Crippen LogP contribution in [0.25, 0.3) is 0 Å². The Morgan fingerprint density at radius 1 is 1.14 bits per heavy atom. The molecule has 1 aliphatic heterocycles. The Morgan fingerprint density at radius 2 is 1.90 bits per heavy atom. The summed E-state index contributed by atoms with van der Waals surface area (Å²) in [6.07, 6.45) is 7.50. The van der Waals surface area contributed by atoms with E-state index in [4.69, 9.17) is 0 Å². The lowest BCUT2D eigenvalue weighted by molar-refractivity contribution is 0.0951. The summed E-state index contributed by atoms with van der Waals surface area (Å²) in [7, 11) is 0. The average Bonchev–Trinajstić information content (AvgIpc) is 3.08. The molecule has 0 bridgehead atoms. The third kappa shape index (κ3) is 3.37. The van der Waals surface area contributed by atoms with Crippen molar-refractivity contribution in [3.8, 4) is 0 Å². The minimum absolute atomic E-state index is 0.0862. The Hall–Kier alpha value is -2.43. The van der Waals surface area contributed by atoms with Crippen molar-refractivity contribution in [3.05, 3.63) is 54.0 Å². The van der Waals surface area contributed by atoms with Gasteiger partial charge in [0.05, 0.1) is 0 Å². The standard InChI is InChI=1S/C16H18N4O/c21-16(14-4-6-17-7-5-14)19-12-13-3-8-18-15(11-13)20-9-1-2-10-20/h3-8,11H,1-2,9-10,12H2,(H,19,21). The molecule has 108 valence electrons. The van der Waals surface area contributed by atoms with Crippen LogP contribution in [0.4, 0.5) is 5.82 Å². The second-order valence-electron chi connectivity index (χ2n) is 5.14. The molecule has 5 nitrogen and oxygen atoms in total. The topological polar surface area (TPSA) is 58.1 Å². The van der Waals surface area contributed by atoms with Crippen molar-refractivity contribution in [1.82, 2.24) is 15.3 Å². The van der Waals surface area contributed by atoms with E-state index in [0.29, 0.717) is 12.1 Å². The summed E-state index contributed by atoms with van der Waals surface area (Å²) < 4.78 is 0. The van der Waals surface area contributed by atoms with Crippen molar-refractivity contribution in [1.29, 1.82) is 0 Å². The van der Waals surface area contributed by atoms with E-state index in [1.54, 1.807) is 24.5 Å². The van der Waals surface area contributed by atoms with E-state index in [2.05, 4.69) is 26.3 Å². The van der Waals surface area contributed by atoms with Crippen molar-refractivity contribution in [2.24, 2.45) is 0 Å². The summed E-state index contributed by atoms with van der Waals surface area (Å²) in [6, 6.07) is 7.40. The number of rotatable bonds is 4. The Kier molecular flexibility index (Phi) is 4.09. The highest BCUT2D eigenvalue weighted by atomic mass is 16.1. The largest absolute Gasteiger partial charge is 0.357 e. The summed E-state index contributed by atoms with van der Waals surface area (Å²) >= 11 is 0. The van der Waals surface area contributed by atoms with Crippen LogP contribution in [0.1, 0.15) is 28.8 Å². The van der Waals surface area contributed by atoms with Crippen LogP contribution in [0.5, 0.6) is 0 Å². The van der Waals surface area contributed by atoms with Gasteiger partial charge < -0.3 is 10.2 Å². The highest BCUT2D eigenvalue weighted by Crippen LogP contribution is 2.18. The maximum Gasteiger partial charge on any atom is 0.251 e. The van der Waals surface area contributed by atoms with Crippen molar-refractivity contribution in [2.45, 2.75) is 19.4 Å². The monoisotopic (exact) mass is 282 g/mol. The summed E-state index contributed by atoms with van der Waals surface area (Å²) in [5.74, 6) is 0.917. The van der Waals surface area contributed by atoms with Gasteiger partial charge in [0.2, 0.25) is 0 Å². The van der Waals surface area contributed by atoms with E-state index >= 15 is 0 Å². The smallest absolute Gasteiger partial charge is 0.251 e. The molecule has 1 N–H and O–H groups in total. The molecule has 0 spiro atoms. The number of nitrogens with one attached hydrogen (secondary N) is 1. The van der Waals surface area contributed by atoms with Gasteiger partial charge in [0.15, 0.2) is 0 Å². The molecule has 0 aliphatic carbocycles. The minimum atomic E-state index is -0.0862. The Balaban J connectivity index is 1.63. The molecule has 0 saturated carbocycles. The molecule has 3 heterocycles. The molecule has 0 atom stereocenters. The van der Waals surface area contributed by atoms with Crippen molar-refractivity contribution in [3.63, 3.8) is 0 Å². The van der Waals surface area contributed by atoms with E-state index < -0.39 is 0 Å². The minimum Gasteiger partial charge on any atom is -0.357 e. The third-order valence-corrected chi connectivity index (χ3v) is 3.64. The number of aromatic nitrogens is 2. The molecule has 5 heteroatoms. The predicted molar refractivity (Wildman–Crippen MR) is 81.1 cm³/mol. The summed E-state index contributed by atoms with van der Waals surface area (Å²) in [5, 5.41) is 2.92. The molecule has 1 saturated heterocycles. The molecule has 0 unspecified atom stereocenters. The van der Waals surface area contributed by atoms with Gasteiger partial charge in [0.25, 0.3) is 5.91 Å². The third-order valence-electron chi connectivity index (χ3n) is 3.64. The molecule has 3 rings (SSSR count). The van der Waals surface area contributed by atoms with Gasteiger partial charge in [-0.05, 0) is 42.7 Å². The molecule has 21 heavy (non-hydrogen) atoms. The van der Waals surface area contributed by atoms with Crippen LogP contribution in [0, 0.1) is 0 Å². The Bertz CT molecular complexity index is 609. The van der Waals surface area contributed by atoms with Crippen molar-refractivity contribution < 1.29 is 4.79 Å². The maximum absolute atomic E-state index is 12.0. The zero-order valence-corrected chi connectivity index (χ0v) is 11.8. The van der Waals surface area contributed by atoms with Gasteiger partial charge in [0, 0.05) is 43.8 Å². The quantitative estimate of drug-likeness (QED) is 0.932. The number of carbonyl (C=O) groups excluding carboxylic acids is 1. The fourth-order valence-electron chi connectivity index (χ4n) is 2.48. The summed E-state index contributed by atoms with van der Waals surface area (Å²) in [5.41, 5.74) is 1.69. The molecule has 1 amide bonds. The molecule has 1 fully saturated rings. The number of carbonyl (C=O) groups is 1. The number of pyridine rings is 2. The predicted octanol–water partition coefficient (Wildman–Crippen LogP) is 2.01. The van der Waals surface area contributed by atoms with Gasteiger partial charge in [-0.15, -0.1) is 0 Å². The van der Waals surface area contributed by atoms with Crippen LogP contribution >= 0.6 is 0 Å². The lowest BCUT2D eigenvalue weighted by Gasteiger charge is -2.17. The average molecular weight is 282 g/mol. The molecule has 1 aliphatic rings. The van der Waals surface area contributed by atoms with Gasteiger partial charge in [0.1, 0.15) is 5.82 Å². The van der Waals surface area contributed by atoms with Gasteiger partial charge in [-0.25, -0.2) is 4.98 Å². The Labute approximate surface area is 124 Å². The number of nitrogens with zero attached hydrogens (tertiary/aromatic N) is 3. The summed E-state index contributed by atoms with van der Waals surface area (Å²) in [6.45, 7) is 2.64. The molecule has 0 radical (unpaired) electrons. The molecule has 2 aromatic rings. The second kappa shape index (κ2) is 6.35. The first kappa shape index (κ1) is 13.5. The SMILES string of the molecule is O=C(NCc1ccnc(N2CCCC2)c1)c1ccncc1. The number of hydrogen-bond acceptors (Lipinski definition) is 4. The number of hydrogen-bond donors (Lipinski definition) is 1. The lowest BCUT2D eigenvalue weighted by Crippen LogP contribution is -2.23. The molecular formula is C16H18N4O.